The molecule has 0 heterocycles. The lowest BCUT2D eigenvalue weighted by Crippen LogP contribution is -2.42. The van der Waals surface area contributed by atoms with E-state index in [1.165, 1.54) is 0 Å². The van der Waals surface area contributed by atoms with Gasteiger partial charge >= 0.3 is 5.97 Å². The number of amides is 1. The molecule has 2 aromatic rings. The van der Waals surface area contributed by atoms with E-state index in [0.717, 1.165) is 49.8 Å². The SMILES string of the molecule is Nc1ccc(CCNc2cc(F)c(C(=O)NC(CC3CCCCC3)C(=O)O)cc2F)cc1. The quantitative estimate of drug-likeness (QED) is 0.430. The number of benzene rings is 2. The van der Waals surface area contributed by atoms with Crippen LogP contribution in [-0.2, 0) is 11.2 Å². The molecule has 0 aliphatic heterocycles. The summed E-state index contributed by atoms with van der Waals surface area (Å²) in [6.45, 7) is 0.355. The maximum Gasteiger partial charge on any atom is 0.326 e. The zero-order valence-corrected chi connectivity index (χ0v) is 17.9. The molecular weight excluding hydrogens is 416 g/mol. The molecule has 2 aromatic carbocycles. The molecule has 8 heteroatoms. The monoisotopic (exact) mass is 445 g/mol. The summed E-state index contributed by atoms with van der Waals surface area (Å²) in [6, 6.07) is 7.83. The van der Waals surface area contributed by atoms with E-state index < -0.39 is 35.1 Å². The smallest absolute Gasteiger partial charge is 0.326 e. The second-order valence-electron chi connectivity index (χ2n) is 8.33. The number of rotatable bonds is 9. The van der Waals surface area contributed by atoms with Gasteiger partial charge < -0.3 is 21.5 Å². The van der Waals surface area contributed by atoms with Crippen LogP contribution in [0.25, 0.3) is 0 Å². The molecule has 6 nitrogen and oxygen atoms in total. The van der Waals surface area contributed by atoms with Crippen molar-refractivity contribution in [2.75, 3.05) is 17.6 Å². The number of anilines is 2. The molecule has 1 saturated carbocycles. The molecule has 3 rings (SSSR count). The second-order valence-corrected chi connectivity index (χ2v) is 8.33. The summed E-state index contributed by atoms with van der Waals surface area (Å²) in [6.07, 6.45) is 5.90. The summed E-state index contributed by atoms with van der Waals surface area (Å²) in [4.78, 5) is 24.1. The van der Waals surface area contributed by atoms with E-state index in [-0.39, 0.29) is 18.0 Å². The number of hydrogen-bond acceptors (Lipinski definition) is 4. The molecule has 1 aliphatic rings. The molecule has 172 valence electrons. The maximum absolute atomic E-state index is 14.6. The van der Waals surface area contributed by atoms with Crippen LogP contribution in [0.15, 0.2) is 36.4 Å². The number of carbonyl (C=O) groups is 2. The number of nitrogens with one attached hydrogen (secondary N) is 2. The zero-order chi connectivity index (χ0) is 23.1. The van der Waals surface area contributed by atoms with Crippen molar-refractivity contribution in [1.29, 1.82) is 0 Å². The van der Waals surface area contributed by atoms with Gasteiger partial charge in [0.25, 0.3) is 5.91 Å². The molecule has 5 N–H and O–H groups in total. The molecule has 0 bridgehead atoms. The number of carboxylic acids is 1. The highest BCUT2D eigenvalue weighted by Gasteiger charge is 2.27. The van der Waals surface area contributed by atoms with Gasteiger partial charge in [-0.1, -0.05) is 44.2 Å². The van der Waals surface area contributed by atoms with Crippen LogP contribution in [0.3, 0.4) is 0 Å². The van der Waals surface area contributed by atoms with Crippen molar-refractivity contribution in [2.24, 2.45) is 5.92 Å². The predicted octanol–water partition coefficient (Wildman–Crippen LogP) is 4.36. The van der Waals surface area contributed by atoms with E-state index in [9.17, 15) is 23.5 Å². The number of aliphatic carboxylic acids is 1. The van der Waals surface area contributed by atoms with E-state index in [1.54, 1.807) is 12.1 Å². The first kappa shape index (κ1) is 23.5. The average Bonchev–Trinajstić information content (AvgIpc) is 2.77. The summed E-state index contributed by atoms with van der Waals surface area (Å²) >= 11 is 0. The molecule has 0 radical (unpaired) electrons. The Morgan fingerprint density at radius 1 is 1.06 bits per heavy atom. The fourth-order valence-electron chi connectivity index (χ4n) is 4.10. The summed E-state index contributed by atoms with van der Waals surface area (Å²) < 4.78 is 29.1. The van der Waals surface area contributed by atoms with Gasteiger partial charge in [0.05, 0.1) is 11.3 Å². The Morgan fingerprint density at radius 3 is 2.41 bits per heavy atom. The average molecular weight is 446 g/mol. The van der Waals surface area contributed by atoms with Crippen molar-refractivity contribution in [3.05, 3.63) is 59.2 Å². The normalized spacial score (nSPS) is 15.2. The van der Waals surface area contributed by atoms with Crippen LogP contribution in [0.1, 0.15) is 54.4 Å². The first-order chi connectivity index (χ1) is 15.3. The number of nitrogens with two attached hydrogens (primary N) is 1. The minimum Gasteiger partial charge on any atom is -0.480 e. The van der Waals surface area contributed by atoms with Gasteiger partial charge in [0.2, 0.25) is 0 Å². The summed E-state index contributed by atoms with van der Waals surface area (Å²) in [7, 11) is 0. The Balaban J connectivity index is 1.61. The second kappa shape index (κ2) is 10.9. The largest absolute Gasteiger partial charge is 0.480 e. The summed E-state index contributed by atoms with van der Waals surface area (Å²) in [5, 5.41) is 14.7. The van der Waals surface area contributed by atoms with Crippen LogP contribution < -0.4 is 16.4 Å². The third-order valence-corrected chi connectivity index (χ3v) is 5.91. The molecule has 1 fully saturated rings. The fraction of sp³-hybridized carbons (Fsp3) is 0.417. The third kappa shape index (κ3) is 6.42. The van der Waals surface area contributed by atoms with Gasteiger partial charge in [-0.3, -0.25) is 4.79 Å². The van der Waals surface area contributed by atoms with E-state index in [4.69, 9.17) is 5.73 Å². The standard InChI is InChI=1S/C24H29F2N3O3/c25-19-14-21(28-11-10-15-6-8-17(27)9-7-15)20(26)13-18(19)23(30)29-22(24(31)32)12-16-4-2-1-3-5-16/h6-9,13-14,16,22,28H,1-5,10-12,27H2,(H,29,30)(H,31,32). The van der Waals surface area contributed by atoms with Crippen LogP contribution in [-0.4, -0.2) is 29.6 Å². The predicted molar refractivity (Wildman–Crippen MR) is 119 cm³/mol. The lowest BCUT2D eigenvalue weighted by Gasteiger charge is -2.25. The Hall–Kier alpha value is -3.16. The molecular formula is C24H29F2N3O3. The highest BCUT2D eigenvalue weighted by Crippen LogP contribution is 2.28. The van der Waals surface area contributed by atoms with Crippen LogP contribution in [0, 0.1) is 17.6 Å². The van der Waals surface area contributed by atoms with Crippen LogP contribution in [0.2, 0.25) is 0 Å². The van der Waals surface area contributed by atoms with E-state index >= 15 is 0 Å². The first-order valence-corrected chi connectivity index (χ1v) is 10.9. The number of carbonyl (C=O) groups excluding carboxylic acids is 1. The Labute approximate surface area is 186 Å². The van der Waals surface area contributed by atoms with E-state index in [2.05, 4.69) is 10.6 Å². The van der Waals surface area contributed by atoms with Gasteiger partial charge in [0.1, 0.15) is 17.7 Å². The van der Waals surface area contributed by atoms with Gasteiger partial charge in [0, 0.05) is 18.3 Å². The van der Waals surface area contributed by atoms with Gasteiger partial charge in [-0.05, 0) is 42.5 Å². The van der Waals surface area contributed by atoms with Crippen molar-refractivity contribution in [3.8, 4) is 0 Å². The van der Waals surface area contributed by atoms with Crippen LogP contribution in [0.4, 0.5) is 20.2 Å². The molecule has 0 aromatic heterocycles. The van der Waals surface area contributed by atoms with Gasteiger partial charge in [-0.15, -0.1) is 0 Å². The Morgan fingerprint density at radius 2 is 1.75 bits per heavy atom. The minimum atomic E-state index is -1.18. The highest BCUT2D eigenvalue weighted by atomic mass is 19.1. The molecule has 1 amide bonds. The maximum atomic E-state index is 14.6. The lowest BCUT2D eigenvalue weighted by molar-refractivity contribution is -0.139. The van der Waals surface area contributed by atoms with Crippen LogP contribution >= 0.6 is 0 Å². The number of halogens is 2. The van der Waals surface area contributed by atoms with E-state index in [1.807, 2.05) is 12.1 Å². The van der Waals surface area contributed by atoms with Gasteiger partial charge in [0.15, 0.2) is 0 Å². The highest BCUT2D eigenvalue weighted by molar-refractivity contribution is 5.97. The molecule has 1 aliphatic carbocycles. The molecule has 1 unspecified atom stereocenters. The van der Waals surface area contributed by atoms with Gasteiger partial charge in [-0.25, -0.2) is 13.6 Å². The Kier molecular flexibility index (Phi) is 8.03. The number of hydrogen-bond donors (Lipinski definition) is 4. The summed E-state index contributed by atoms with van der Waals surface area (Å²) in [5.74, 6) is -3.60. The van der Waals surface area contributed by atoms with E-state index in [0.29, 0.717) is 18.7 Å². The molecule has 32 heavy (non-hydrogen) atoms. The fourth-order valence-corrected chi connectivity index (χ4v) is 4.10. The van der Waals surface area contributed by atoms with Crippen LogP contribution in [0.5, 0.6) is 0 Å². The first-order valence-electron chi connectivity index (χ1n) is 10.9. The van der Waals surface area contributed by atoms with Crippen molar-refractivity contribution in [1.82, 2.24) is 5.32 Å². The minimum absolute atomic E-state index is 0.0634. The van der Waals surface area contributed by atoms with Crippen molar-refractivity contribution >= 4 is 23.3 Å². The topological polar surface area (TPSA) is 104 Å². The molecule has 0 spiro atoms. The van der Waals surface area contributed by atoms with Crippen molar-refractivity contribution < 1.29 is 23.5 Å². The summed E-state index contributed by atoms with van der Waals surface area (Å²) in [5.41, 5.74) is 6.70. The lowest BCUT2D eigenvalue weighted by atomic mass is 9.85. The van der Waals surface area contributed by atoms with Crippen molar-refractivity contribution in [2.45, 2.75) is 51.0 Å². The number of carboxylic acid groups (broad SMARTS) is 1. The molecule has 0 saturated heterocycles. The zero-order valence-electron chi connectivity index (χ0n) is 17.9. The Bertz CT molecular complexity index is 944. The number of nitrogen functional groups attached to an aromatic ring is 1. The third-order valence-electron chi connectivity index (χ3n) is 5.91. The van der Waals surface area contributed by atoms with Crippen molar-refractivity contribution in [3.63, 3.8) is 0 Å². The van der Waals surface area contributed by atoms with Gasteiger partial charge in [-0.2, -0.15) is 0 Å². The molecule has 1 atom stereocenters.